The largest absolute Gasteiger partial charge is 0.493 e. The number of nitrogens with one attached hydrogen (secondary N) is 1. The summed E-state index contributed by atoms with van der Waals surface area (Å²) in [5.74, 6) is 1.66. The summed E-state index contributed by atoms with van der Waals surface area (Å²) in [6.07, 6.45) is 3.19. The predicted octanol–water partition coefficient (Wildman–Crippen LogP) is 4.45. The first-order valence-electron chi connectivity index (χ1n) is 10.3. The van der Waals surface area contributed by atoms with Gasteiger partial charge in [0.25, 0.3) is 0 Å². The molecule has 2 aromatic carbocycles. The van der Waals surface area contributed by atoms with Crippen molar-refractivity contribution in [3.05, 3.63) is 65.7 Å². The fourth-order valence-corrected chi connectivity index (χ4v) is 3.68. The minimum absolute atomic E-state index is 0.000824. The number of hydrogen-bond donors (Lipinski definition) is 2. The van der Waals surface area contributed by atoms with Gasteiger partial charge in [0.15, 0.2) is 0 Å². The van der Waals surface area contributed by atoms with Crippen LogP contribution in [0.4, 0.5) is 0 Å². The van der Waals surface area contributed by atoms with Crippen LogP contribution in [0.15, 0.2) is 54.6 Å². The van der Waals surface area contributed by atoms with Gasteiger partial charge in [0.1, 0.15) is 5.75 Å². The Labute approximate surface area is 167 Å². The lowest BCUT2D eigenvalue weighted by Crippen LogP contribution is -2.32. The molecule has 1 aliphatic carbocycles. The average molecular weight is 382 g/mol. The minimum atomic E-state index is -0.391. The molecule has 2 aromatic rings. The highest BCUT2D eigenvalue weighted by Gasteiger charge is 2.44. The van der Waals surface area contributed by atoms with Crippen LogP contribution >= 0.6 is 0 Å². The molecule has 4 heteroatoms. The molecular weight excluding hydrogens is 350 g/mol. The molecular formula is C24H31NO3. The molecule has 3 rings (SSSR count). The molecule has 1 fully saturated rings. The van der Waals surface area contributed by atoms with Gasteiger partial charge in [-0.05, 0) is 47.9 Å². The zero-order valence-corrected chi connectivity index (χ0v) is 16.8. The van der Waals surface area contributed by atoms with Gasteiger partial charge in [0, 0.05) is 5.92 Å². The fraction of sp³-hybridized carbons (Fsp3) is 0.458. The number of aliphatic hydroxyl groups excluding tert-OH is 1. The second-order valence-electron chi connectivity index (χ2n) is 7.88. The maximum absolute atomic E-state index is 12.6. The fourth-order valence-electron chi connectivity index (χ4n) is 3.68. The van der Waals surface area contributed by atoms with Crippen molar-refractivity contribution in [1.82, 2.24) is 5.32 Å². The number of ether oxygens (including phenoxy) is 1. The van der Waals surface area contributed by atoms with Gasteiger partial charge in [-0.15, -0.1) is 0 Å². The van der Waals surface area contributed by atoms with Crippen molar-refractivity contribution < 1.29 is 14.6 Å². The van der Waals surface area contributed by atoms with Gasteiger partial charge < -0.3 is 15.2 Å². The van der Waals surface area contributed by atoms with Crippen molar-refractivity contribution in [1.29, 1.82) is 0 Å². The highest BCUT2D eigenvalue weighted by Crippen LogP contribution is 2.47. The molecule has 4 nitrogen and oxygen atoms in total. The van der Waals surface area contributed by atoms with Crippen molar-refractivity contribution in [3.8, 4) is 5.75 Å². The lowest BCUT2D eigenvalue weighted by Gasteiger charge is -2.18. The van der Waals surface area contributed by atoms with Crippen LogP contribution in [0, 0.1) is 11.8 Å². The molecule has 0 aromatic heterocycles. The Morgan fingerprint density at radius 1 is 1.18 bits per heavy atom. The molecule has 0 heterocycles. The summed E-state index contributed by atoms with van der Waals surface area (Å²) in [6, 6.07) is 17.4. The minimum Gasteiger partial charge on any atom is -0.493 e. The van der Waals surface area contributed by atoms with Crippen molar-refractivity contribution in [2.45, 2.75) is 45.1 Å². The number of hydrogen-bond acceptors (Lipinski definition) is 3. The molecule has 1 unspecified atom stereocenters. The van der Waals surface area contributed by atoms with Gasteiger partial charge in [0.2, 0.25) is 5.91 Å². The Kier molecular flexibility index (Phi) is 7.10. The van der Waals surface area contributed by atoms with Crippen LogP contribution in [0.25, 0.3) is 0 Å². The van der Waals surface area contributed by atoms with E-state index in [9.17, 15) is 9.90 Å². The quantitative estimate of drug-likeness (QED) is 0.639. The normalized spacial score (nSPS) is 20.2. The molecule has 1 amide bonds. The van der Waals surface area contributed by atoms with Gasteiger partial charge in [-0.2, -0.15) is 0 Å². The Morgan fingerprint density at radius 3 is 2.54 bits per heavy atom. The molecule has 0 spiro atoms. The molecule has 0 bridgehead atoms. The number of carbonyl (C=O) groups excluding carboxylic acids is 1. The van der Waals surface area contributed by atoms with E-state index in [1.165, 1.54) is 5.56 Å². The SMILES string of the molecule is CCCC(C)COc1ccc([C@H](CO)NC(=O)[C@H]2C[C@@H]2c2ccccc2)cc1. The smallest absolute Gasteiger partial charge is 0.224 e. The second kappa shape index (κ2) is 9.74. The monoisotopic (exact) mass is 381 g/mol. The molecule has 0 saturated heterocycles. The van der Waals surface area contributed by atoms with Crippen LogP contribution < -0.4 is 10.1 Å². The first-order chi connectivity index (χ1) is 13.6. The van der Waals surface area contributed by atoms with Crippen molar-refractivity contribution >= 4 is 5.91 Å². The zero-order valence-electron chi connectivity index (χ0n) is 16.8. The van der Waals surface area contributed by atoms with Crippen molar-refractivity contribution in [2.24, 2.45) is 11.8 Å². The Morgan fingerprint density at radius 2 is 1.89 bits per heavy atom. The van der Waals surface area contributed by atoms with E-state index in [-0.39, 0.29) is 18.4 Å². The lowest BCUT2D eigenvalue weighted by atomic mass is 10.1. The number of carbonyl (C=O) groups is 1. The Bertz CT molecular complexity index is 744. The van der Waals surface area contributed by atoms with Gasteiger partial charge in [0.05, 0.1) is 19.3 Å². The molecule has 4 atom stereocenters. The van der Waals surface area contributed by atoms with E-state index in [0.29, 0.717) is 18.4 Å². The van der Waals surface area contributed by atoms with E-state index in [2.05, 4.69) is 31.3 Å². The number of aliphatic hydroxyl groups is 1. The maximum atomic E-state index is 12.6. The molecule has 1 saturated carbocycles. The number of rotatable bonds is 10. The van der Waals surface area contributed by atoms with Crippen LogP contribution in [0.1, 0.15) is 56.2 Å². The summed E-state index contributed by atoms with van der Waals surface area (Å²) in [5.41, 5.74) is 2.10. The Hall–Kier alpha value is -2.33. The molecule has 0 radical (unpaired) electrons. The molecule has 0 aliphatic heterocycles. The van der Waals surface area contributed by atoms with E-state index in [0.717, 1.165) is 30.6 Å². The highest BCUT2D eigenvalue weighted by molar-refractivity contribution is 5.83. The van der Waals surface area contributed by atoms with E-state index in [1.54, 1.807) is 0 Å². The summed E-state index contributed by atoms with van der Waals surface area (Å²) >= 11 is 0. The van der Waals surface area contributed by atoms with E-state index in [4.69, 9.17) is 4.74 Å². The van der Waals surface area contributed by atoms with E-state index in [1.807, 2.05) is 42.5 Å². The van der Waals surface area contributed by atoms with Crippen LogP contribution in [0.3, 0.4) is 0 Å². The van der Waals surface area contributed by atoms with Crippen LogP contribution in [-0.2, 0) is 4.79 Å². The van der Waals surface area contributed by atoms with Crippen molar-refractivity contribution in [3.63, 3.8) is 0 Å². The number of amides is 1. The van der Waals surface area contributed by atoms with Crippen molar-refractivity contribution in [2.75, 3.05) is 13.2 Å². The standard InChI is InChI=1S/C24H31NO3/c1-3-7-17(2)16-28-20-12-10-19(11-13-20)23(15-26)25-24(27)22-14-21(22)18-8-5-4-6-9-18/h4-6,8-13,17,21-23,26H,3,7,14-16H2,1-2H3,(H,25,27)/t17?,21-,22+,23+/m1/s1. The summed E-state index contributed by atoms with van der Waals surface area (Å²) in [5, 5.41) is 12.8. The zero-order chi connectivity index (χ0) is 19.9. The Balaban J connectivity index is 1.53. The second-order valence-corrected chi connectivity index (χ2v) is 7.88. The first-order valence-corrected chi connectivity index (χ1v) is 10.3. The third kappa shape index (κ3) is 5.35. The molecule has 2 N–H and O–H groups in total. The van der Waals surface area contributed by atoms with Gasteiger partial charge in [-0.25, -0.2) is 0 Å². The van der Waals surface area contributed by atoms with Crippen LogP contribution in [0.2, 0.25) is 0 Å². The number of benzene rings is 2. The van der Waals surface area contributed by atoms with Gasteiger partial charge in [-0.3, -0.25) is 4.79 Å². The maximum Gasteiger partial charge on any atom is 0.224 e. The summed E-state index contributed by atoms with van der Waals surface area (Å²) in [4.78, 5) is 12.6. The highest BCUT2D eigenvalue weighted by atomic mass is 16.5. The average Bonchev–Trinajstić information content (AvgIpc) is 3.53. The summed E-state index contributed by atoms with van der Waals surface area (Å²) in [6.45, 7) is 4.95. The molecule has 150 valence electrons. The van der Waals surface area contributed by atoms with E-state index < -0.39 is 6.04 Å². The van der Waals surface area contributed by atoms with Gasteiger partial charge >= 0.3 is 0 Å². The van der Waals surface area contributed by atoms with Gasteiger partial charge in [-0.1, -0.05) is 62.7 Å². The molecule has 1 aliphatic rings. The first kappa shape index (κ1) is 20.4. The summed E-state index contributed by atoms with van der Waals surface area (Å²) < 4.78 is 5.83. The van der Waals surface area contributed by atoms with Crippen LogP contribution in [-0.4, -0.2) is 24.2 Å². The lowest BCUT2D eigenvalue weighted by molar-refractivity contribution is -0.123. The predicted molar refractivity (Wildman–Crippen MR) is 111 cm³/mol. The third-order valence-corrected chi connectivity index (χ3v) is 5.45. The molecule has 28 heavy (non-hydrogen) atoms. The third-order valence-electron chi connectivity index (χ3n) is 5.45. The topological polar surface area (TPSA) is 58.6 Å². The summed E-state index contributed by atoms with van der Waals surface area (Å²) in [7, 11) is 0. The van der Waals surface area contributed by atoms with Crippen LogP contribution in [0.5, 0.6) is 5.75 Å². The van der Waals surface area contributed by atoms with E-state index >= 15 is 0 Å².